The van der Waals surface area contributed by atoms with Crippen LogP contribution in [0.3, 0.4) is 0 Å². The Balaban J connectivity index is 1.93. The molecule has 23 heavy (non-hydrogen) atoms. The fraction of sp³-hybridized carbons (Fsp3) is 0.667. The number of halogens is 3. The van der Waals surface area contributed by atoms with Crippen LogP contribution in [0.25, 0.3) is 0 Å². The highest BCUT2D eigenvalue weighted by Crippen LogP contribution is 2.19. The van der Waals surface area contributed by atoms with Gasteiger partial charge in [-0.1, -0.05) is 6.92 Å². The highest BCUT2D eigenvalue weighted by atomic mass is 19.4. The molecule has 2 heterocycles. The lowest BCUT2D eigenvalue weighted by Crippen LogP contribution is -2.50. The standard InChI is InChI=1S/C15H22F3N3O2/c1-2-19-5-7-20(8-6-19)11-14(22)21(12-15(16,17)18)10-13-4-3-9-23-13/h3-4,9H,2,5-8,10-12H2,1H3. The molecule has 1 aliphatic rings. The third-order valence-corrected chi connectivity index (χ3v) is 3.92. The Morgan fingerprint density at radius 1 is 1.26 bits per heavy atom. The summed E-state index contributed by atoms with van der Waals surface area (Å²) in [5.41, 5.74) is 0. The molecule has 0 bridgehead atoms. The number of rotatable bonds is 6. The minimum Gasteiger partial charge on any atom is -0.467 e. The highest BCUT2D eigenvalue weighted by molar-refractivity contribution is 5.78. The number of piperazine rings is 1. The van der Waals surface area contributed by atoms with Gasteiger partial charge in [-0.3, -0.25) is 9.69 Å². The van der Waals surface area contributed by atoms with E-state index in [4.69, 9.17) is 4.42 Å². The summed E-state index contributed by atoms with van der Waals surface area (Å²) < 4.78 is 43.2. The van der Waals surface area contributed by atoms with Crippen LogP contribution in [0.1, 0.15) is 12.7 Å². The largest absolute Gasteiger partial charge is 0.467 e. The normalized spacial score (nSPS) is 17.4. The maximum atomic E-state index is 12.7. The molecule has 8 heteroatoms. The number of amides is 1. The number of carbonyl (C=O) groups is 1. The number of nitrogens with zero attached hydrogens (tertiary/aromatic N) is 3. The molecule has 1 aliphatic heterocycles. The number of hydrogen-bond acceptors (Lipinski definition) is 4. The predicted octanol–water partition coefficient (Wildman–Crippen LogP) is 1.81. The van der Waals surface area contributed by atoms with Crippen LogP contribution in [0.4, 0.5) is 13.2 Å². The molecule has 5 nitrogen and oxygen atoms in total. The summed E-state index contributed by atoms with van der Waals surface area (Å²) in [4.78, 5) is 17.3. The molecule has 0 aromatic carbocycles. The van der Waals surface area contributed by atoms with Crippen molar-refractivity contribution in [1.29, 1.82) is 0 Å². The second-order valence-corrected chi connectivity index (χ2v) is 5.65. The van der Waals surface area contributed by atoms with Crippen LogP contribution in [0.2, 0.25) is 0 Å². The summed E-state index contributed by atoms with van der Waals surface area (Å²) >= 11 is 0. The van der Waals surface area contributed by atoms with E-state index in [1.807, 2.05) is 4.90 Å². The van der Waals surface area contributed by atoms with Crippen LogP contribution in [0.15, 0.2) is 22.8 Å². The van der Waals surface area contributed by atoms with Gasteiger partial charge in [0.2, 0.25) is 5.91 Å². The smallest absolute Gasteiger partial charge is 0.406 e. The van der Waals surface area contributed by atoms with Gasteiger partial charge in [0, 0.05) is 26.2 Å². The maximum Gasteiger partial charge on any atom is 0.406 e. The number of likely N-dealkylation sites (N-methyl/N-ethyl adjacent to an activating group) is 1. The molecule has 130 valence electrons. The van der Waals surface area contributed by atoms with E-state index < -0.39 is 18.6 Å². The van der Waals surface area contributed by atoms with Gasteiger partial charge in [0.05, 0.1) is 19.4 Å². The lowest BCUT2D eigenvalue weighted by Gasteiger charge is -2.34. The molecule has 0 radical (unpaired) electrons. The molecule has 0 aliphatic carbocycles. The van der Waals surface area contributed by atoms with E-state index in [0.29, 0.717) is 18.8 Å². The fourth-order valence-electron chi connectivity index (χ4n) is 2.59. The molecule has 1 aromatic rings. The van der Waals surface area contributed by atoms with Crippen molar-refractivity contribution in [2.75, 3.05) is 45.8 Å². The highest BCUT2D eigenvalue weighted by Gasteiger charge is 2.34. The molecule has 1 aromatic heterocycles. The Morgan fingerprint density at radius 2 is 1.91 bits per heavy atom. The first-order chi connectivity index (χ1) is 10.9. The Morgan fingerprint density at radius 3 is 2.43 bits per heavy atom. The Kier molecular flexibility index (Phi) is 6.06. The van der Waals surface area contributed by atoms with E-state index in [0.717, 1.165) is 24.5 Å². The first-order valence-electron chi connectivity index (χ1n) is 7.69. The van der Waals surface area contributed by atoms with E-state index in [2.05, 4.69) is 11.8 Å². The van der Waals surface area contributed by atoms with Gasteiger partial charge in [-0.15, -0.1) is 0 Å². The minimum atomic E-state index is -4.43. The van der Waals surface area contributed by atoms with E-state index in [1.165, 1.54) is 6.26 Å². The molecule has 1 fully saturated rings. The molecular weight excluding hydrogens is 311 g/mol. The first kappa shape index (κ1) is 17.8. The summed E-state index contributed by atoms with van der Waals surface area (Å²) in [6.07, 6.45) is -3.04. The SMILES string of the molecule is CCN1CCN(CC(=O)N(Cc2ccco2)CC(F)(F)F)CC1. The molecule has 0 N–H and O–H groups in total. The Bertz CT molecular complexity index is 483. The van der Waals surface area contributed by atoms with Crippen molar-refractivity contribution < 1.29 is 22.4 Å². The number of hydrogen-bond donors (Lipinski definition) is 0. The van der Waals surface area contributed by atoms with Gasteiger partial charge in [0.25, 0.3) is 0 Å². The molecule has 1 saturated heterocycles. The fourth-order valence-corrected chi connectivity index (χ4v) is 2.59. The molecular formula is C15H22F3N3O2. The van der Waals surface area contributed by atoms with Crippen molar-refractivity contribution >= 4 is 5.91 Å². The zero-order valence-electron chi connectivity index (χ0n) is 13.2. The average Bonchev–Trinajstić information content (AvgIpc) is 2.99. The second kappa shape index (κ2) is 7.83. The van der Waals surface area contributed by atoms with Crippen molar-refractivity contribution in [1.82, 2.24) is 14.7 Å². The van der Waals surface area contributed by atoms with Gasteiger partial charge < -0.3 is 14.2 Å². The third kappa shape index (κ3) is 5.87. The van der Waals surface area contributed by atoms with Gasteiger partial charge in [0.1, 0.15) is 12.3 Å². The van der Waals surface area contributed by atoms with Gasteiger partial charge in [-0.05, 0) is 18.7 Å². The van der Waals surface area contributed by atoms with Crippen LogP contribution < -0.4 is 0 Å². The van der Waals surface area contributed by atoms with Crippen LogP contribution in [0, 0.1) is 0 Å². The number of carbonyl (C=O) groups excluding carboxylic acids is 1. The summed E-state index contributed by atoms with van der Waals surface area (Å²) in [6.45, 7) is 4.65. The molecule has 0 unspecified atom stereocenters. The molecule has 0 saturated carbocycles. The number of furan rings is 1. The van der Waals surface area contributed by atoms with E-state index >= 15 is 0 Å². The quantitative estimate of drug-likeness (QED) is 0.796. The molecule has 2 rings (SSSR count). The zero-order chi connectivity index (χ0) is 16.9. The van der Waals surface area contributed by atoms with Gasteiger partial charge in [-0.25, -0.2) is 0 Å². The first-order valence-corrected chi connectivity index (χ1v) is 7.69. The van der Waals surface area contributed by atoms with E-state index in [1.54, 1.807) is 12.1 Å². The summed E-state index contributed by atoms with van der Waals surface area (Å²) in [5, 5.41) is 0. The average molecular weight is 333 g/mol. The molecule has 0 atom stereocenters. The Hall–Kier alpha value is -1.54. The van der Waals surface area contributed by atoms with Crippen LogP contribution in [-0.4, -0.2) is 72.6 Å². The topological polar surface area (TPSA) is 39.9 Å². The zero-order valence-corrected chi connectivity index (χ0v) is 13.2. The van der Waals surface area contributed by atoms with Crippen molar-refractivity contribution in [3.05, 3.63) is 24.2 Å². The summed E-state index contributed by atoms with van der Waals surface area (Å²) in [6, 6.07) is 3.16. The predicted molar refractivity (Wildman–Crippen MR) is 78.7 cm³/mol. The van der Waals surface area contributed by atoms with Crippen molar-refractivity contribution in [2.45, 2.75) is 19.6 Å². The minimum absolute atomic E-state index is 0.00828. The lowest BCUT2D eigenvalue weighted by molar-refractivity contribution is -0.163. The van der Waals surface area contributed by atoms with Crippen molar-refractivity contribution in [2.24, 2.45) is 0 Å². The second-order valence-electron chi connectivity index (χ2n) is 5.65. The van der Waals surface area contributed by atoms with Gasteiger partial charge in [-0.2, -0.15) is 13.2 Å². The number of alkyl halides is 3. The molecule has 0 spiro atoms. The molecule has 1 amide bonds. The van der Waals surface area contributed by atoms with Gasteiger partial charge >= 0.3 is 6.18 Å². The van der Waals surface area contributed by atoms with Crippen LogP contribution in [-0.2, 0) is 11.3 Å². The van der Waals surface area contributed by atoms with Crippen molar-refractivity contribution in [3.8, 4) is 0 Å². The van der Waals surface area contributed by atoms with Crippen molar-refractivity contribution in [3.63, 3.8) is 0 Å². The van der Waals surface area contributed by atoms with Gasteiger partial charge in [0.15, 0.2) is 0 Å². The monoisotopic (exact) mass is 333 g/mol. The Labute approximate surface area is 133 Å². The summed E-state index contributed by atoms with van der Waals surface area (Å²) in [5.74, 6) is -0.179. The van der Waals surface area contributed by atoms with Crippen LogP contribution >= 0.6 is 0 Å². The third-order valence-electron chi connectivity index (χ3n) is 3.92. The van der Waals surface area contributed by atoms with E-state index in [9.17, 15) is 18.0 Å². The van der Waals surface area contributed by atoms with Crippen LogP contribution in [0.5, 0.6) is 0 Å². The maximum absolute atomic E-state index is 12.7. The summed E-state index contributed by atoms with van der Waals surface area (Å²) in [7, 11) is 0. The lowest BCUT2D eigenvalue weighted by atomic mass is 10.3. The van der Waals surface area contributed by atoms with E-state index in [-0.39, 0.29) is 13.1 Å².